The topological polar surface area (TPSA) is 44.0 Å². The summed E-state index contributed by atoms with van der Waals surface area (Å²) in [6.45, 7) is 1.98. The van der Waals surface area contributed by atoms with Crippen molar-refractivity contribution in [1.29, 1.82) is 5.26 Å². The fraction of sp³-hybridized carbons (Fsp3) is 0.188. The van der Waals surface area contributed by atoms with Crippen molar-refractivity contribution in [3.63, 3.8) is 0 Å². The minimum Gasteiger partial charge on any atom is -0.379 e. The Labute approximate surface area is 117 Å². The first-order valence-corrected chi connectivity index (χ1v) is 6.36. The molecule has 96 valence electrons. The van der Waals surface area contributed by atoms with Gasteiger partial charge in [-0.2, -0.15) is 5.26 Å². The number of aryl methyl sites for hydroxylation is 1. The van der Waals surface area contributed by atoms with Gasteiger partial charge in [0.1, 0.15) is 5.60 Å². The Morgan fingerprint density at radius 2 is 1.53 bits per heavy atom. The molecule has 1 atom stereocenters. The highest BCUT2D eigenvalue weighted by molar-refractivity contribution is 6.30. The Balaban J connectivity index is 2.51. The molecule has 0 saturated heterocycles. The second-order valence-corrected chi connectivity index (χ2v) is 5.00. The molecule has 1 N–H and O–H groups in total. The van der Waals surface area contributed by atoms with Gasteiger partial charge < -0.3 is 5.11 Å². The monoisotopic (exact) mass is 271 g/mol. The lowest BCUT2D eigenvalue weighted by atomic mass is 9.84. The van der Waals surface area contributed by atoms with Gasteiger partial charge >= 0.3 is 0 Å². The Kier molecular flexibility index (Phi) is 3.90. The van der Waals surface area contributed by atoms with Crippen LogP contribution >= 0.6 is 11.6 Å². The number of rotatable bonds is 3. The molecule has 0 heterocycles. The number of hydrogen-bond acceptors (Lipinski definition) is 2. The zero-order valence-electron chi connectivity index (χ0n) is 10.6. The summed E-state index contributed by atoms with van der Waals surface area (Å²) in [7, 11) is 0. The van der Waals surface area contributed by atoms with Crippen molar-refractivity contribution >= 4 is 11.6 Å². The average molecular weight is 272 g/mol. The maximum atomic E-state index is 10.9. The molecule has 2 rings (SSSR count). The van der Waals surface area contributed by atoms with Gasteiger partial charge in [-0.3, -0.25) is 0 Å². The van der Waals surface area contributed by atoms with Crippen LogP contribution in [-0.2, 0) is 5.60 Å². The molecule has 3 heteroatoms. The van der Waals surface area contributed by atoms with E-state index in [0.29, 0.717) is 16.1 Å². The SMILES string of the molecule is Cc1ccc(C(O)(CC#N)c2ccc(Cl)cc2)cc1. The molecular weight excluding hydrogens is 258 g/mol. The van der Waals surface area contributed by atoms with Crippen LogP contribution in [0.3, 0.4) is 0 Å². The van der Waals surface area contributed by atoms with E-state index in [1.807, 2.05) is 31.2 Å². The van der Waals surface area contributed by atoms with Gasteiger partial charge in [-0.25, -0.2) is 0 Å². The van der Waals surface area contributed by atoms with Gasteiger partial charge in [0.25, 0.3) is 0 Å². The molecule has 0 aliphatic carbocycles. The third-order valence-corrected chi connectivity index (χ3v) is 3.44. The van der Waals surface area contributed by atoms with Crippen LogP contribution in [0.25, 0.3) is 0 Å². The lowest BCUT2D eigenvalue weighted by molar-refractivity contribution is 0.0860. The number of nitriles is 1. The summed E-state index contributed by atoms with van der Waals surface area (Å²) in [5.74, 6) is 0. The van der Waals surface area contributed by atoms with Crippen molar-refractivity contribution in [2.75, 3.05) is 0 Å². The van der Waals surface area contributed by atoms with E-state index in [2.05, 4.69) is 6.07 Å². The van der Waals surface area contributed by atoms with Gasteiger partial charge in [-0.05, 0) is 30.2 Å². The molecule has 2 aromatic carbocycles. The van der Waals surface area contributed by atoms with Crippen LogP contribution in [0.1, 0.15) is 23.1 Å². The summed E-state index contributed by atoms with van der Waals surface area (Å²) in [4.78, 5) is 0. The molecule has 0 bridgehead atoms. The molecule has 0 amide bonds. The Hall–Kier alpha value is -1.82. The molecule has 0 spiro atoms. The largest absolute Gasteiger partial charge is 0.379 e. The second-order valence-electron chi connectivity index (χ2n) is 4.57. The number of hydrogen-bond donors (Lipinski definition) is 1. The second kappa shape index (κ2) is 5.44. The summed E-state index contributed by atoms with van der Waals surface area (Å²) in [6.07, 6.45) is -0.00229. The normalized spacial score (nSPS) is 13.6. The first-order valence-electron chi connectivity index (χ1n) is 5.99. The lowest BCUT2D eigenvalue weighted by Crippen LogP contribution is -2.26. The van der Waals surface area contributed by atoms with Crippen LogP contribution in [0.2, 0.25) is 5.02 Å². The van der Waals surface area contributed by atoms with Crippen molar-refractivity contribution < 1.29 is 5.11 Å². The van der Waals surface area contributed by atoms with Crippen LogP contribution in [0.15, 0.2) is 48.5 Å². The fourth-order valence-corrected chi connectivity index (χ4v) is 2.17. The summed E-state index contributed by atoms with van der Waals surface area (Å²) < 4.78 is 0. The molecule has 0 saturated carbocycles. The first kappa shape index (κ1) is 13.6. The molecule has 0 aliphatic rings. The minimum absolute atomic E-state index is 0.00229. The summed E-state index contributed by atoms with van der Waals surface area (Å²) in [5, 5.41) is 20.5. The van der Waals surface area contributed by atoms with Gasteiger partial charge in [-0.1, -0.05) is 53.6 Å². The molecule has 0 aromatic heterocycles. The van der Waals surface area contributed by atoms with Crippen molar-refractivity contribution in [2.45, 2.75) is 18.9 Å². The highest BCUT2D eigenvalue weighted by Crippen LogP contribution is 2.33. The summed E-state index contributed by atoms with van der Waals surface area (Å²) in [6, 6.07) is 16.5. The quantitative estimate of drug-likeness (QED) is 0.923. The van der Waals surface area contributed by atoms with E-state index in [4.69, 9.17) is 16.9 Å². The zero-order chi connectivity index (χ0) is 13.9. The molecule has 1 unspecified atom stereocenters. The molecular formula is C16H14ClNO. The maximum Gasteiger partial charge on any atom is 0.128 e. The Bertz CT molecular complexity index is 551. The standard InChI is InChI=1S/C16H14ClNO/c1-12-2-4-13(5-3-12)16(19,10-11-18)14-6-8-15(17)9-7-14/h2-9,19H,10H2,1H3. The van der Waals surface area contributed by atoms with E-state index < -0.39 is 5.60 Å². The fourth-order valence-electron chi connectivity index (χ4n) is 2.04. The van der Waals surface area contributed by atoms with E-state index in [9.17, 15) is 5.11 Å². The van der Waals surface area contributed by atoms with Crippen molar-refractivity contribution in [3.8, 4) is 6.07 Å². The van der Waals surface area contributed by atoms with Crippen LogP contribution in [0.4, 0.5) is 0 Å². The number of halogens is 1. The summed E-state index contributed by atoms with van der Waals surface area (Å²) in [5.41, 5.74) is 1.19. The third kappa shape index (κ3) is 2.78. The minimum atomic E-state index is -1.30. The molecule has 0 fully saturated rings. The van der Waals surface area contributed by atoms with Gasteiger partial charge in [0.2, 0.25) is 0 Å². The van der Waals surface area contributed by atoms with Crippen molar-refractivity contribution in [3.05, 3.63) is 70.2 Å². The van der Waals surface area contributed by atoms with Gasteiger partial charge in [-0.15, -0.1) is 0 Å². The highest BCUT2D eigenvalue weighted by atomic mass is 35.5. The number of nitrogens with zero attached hydrogens (tertiary/aromatic N) is 1. The predicted molar refractivity (Wildman–Crippen MR) is 75.9 cm³/mol. The van der Waals surface area contributed by atoms with Gasteiger partial charge in [0.15, 0.2) is 0 Å². The number of aliphatic hydroxyl groups is 1. The third-order valence-electron chi connectivity index (χ3n) is 3.19. The molecule has 0 aliphatic heterocycles. The summed E-state index contributed by atoms with van der Waals surface area (Å²) >= 11 is 5.86. The number of benzene rings is 2. The first-order chi connectivity index (χ1) is 9.06. The lowest BCUT2D eigenvalue weighted by Gasteiger charge is -2.27. The molecule has 2 nitrogen and oxygen atoms in total. The van der Waals surface area contributed by atoms with E-state index in [0.717, 1.165) is 5.56 Å². The predicted octanol–water partition coefficient (Wildman–Crippen LogP) is 3.80. The average Bonchev–Trinajstić information content (AvgIpc) is 2.40. The van der Waals surface area contributed by atoms with Gasteiger partial charge in [0, 0.05) is 5.02 Å². The highest BCUT2D eigenvalue weighted by Gasteiger charge is 2.31. The molecule has 19 heavy (non-hydrogen) atoms. The Morgan fingerprint density at radius 3 is 2.00 bits per heavy atom. The van der Waals surface area contributed by atoms with Crippen LogP contribution in [0, 0.1) is 18.3 Å². The van der Waals surface area contributed by atoms with Crippen LogP contribution in [-0.4, -0.2) is 5.11 Å². The van der Waals surface area contributed by atoms with E-state index in [-0.39, 0.29) is 6.42 Å². The van der Waals surface area contributed by atoms with Crippen LogP contribution < -0.4 is 0 Å². The van der Waals surface area contributed by atoms with E-state index >= 15 is 0 Å². The van der Waals surface area contributed by atoms with Crippen LogP contribution in [0.5, 0.6) is 0 Å². The molecule has 0 radical (unpaired) electrons. The smallest absolute Gasteiger partial charge is 0.128 e. The maximum absolute atomic E-state index is 10.9. The van der Waals surface area contributed by atoms with E-state index in [1.54, 1.807) is 24.3 Å². The van der Waals surface area contributed by atoms with Crippen molar-refractivity contribution in [2.24, 2.45) is 0 Å². The van der Waals surface area contributed by atoms with E-state index in [1.165, 1.54) is 0 Å². The van der Waals surface area contributed by atoms with Gasteiger partial charge in [0.05, 0.1) is 12.5 Å². The molecule has 2 aromatic rings. The van der Waals surface area contributed by atoms with Crippen molar-refractivity contribution in [1.82, 2.24) is 0 Å². The Morgan fingerprint density at radius 1 is 1.05 bits per heavy atom. The zero-order valence-corrected chi connectivity index (χ0v) is 11.4.